The van der Waals surface area contributed by atoms with Crippen LogP contribution in [0.25, 0.3) is 0 Å². The van der Waals surface area contributed by atoms with Crippen LogP contribution in [-0.4, -0.2) is 22.3 Å². The number of esters is 1. The summed E-state index contributed by atoms with van der Waals surface area (Å²) < 4.78 is 11.3. The van der Waals surface area contributed by atoms with E-state index in [0.29, 0.717) is 6.42 Å². The third kappa shape index (κ3) is 3.75. The molecule has 1 aromatic rings. The largest absolute Gasteiger partial charge is 0.471 e. The van der Waals surface area contributed by atoms with E-state index in [2.05, 4.69) is 4.98 Å². The maximum absolute atomic E-state index is 12.8. The van der Waals surface area contributed by atoms with Crippen molar-refractivity contribution < 1.29 is 19.1 Å². The number of carbonyl (C=O) groups excluding carboxylic acids is 2. The lowest BCUT2D eigenvalue weighted by molar-refractivity contribution is -0.152. The Kier molecular flexibility index (Phi) is 5.51. The molecular formula is C20H25NO4. The first-order chi connectivity index (χ1) is 12.2. The smallest absolute Gasteiger partial charge is 0.374 e. The minimum absolute atomic E-state index is 0.0490. The molecule has 1 aliphatic heterocycles. The Labute approximate surface area is 148 Å². The summed E-state index contributed by atoms with van der Waals surface area (Å²) in [6, 6.07) is 3.62. The molecule has 134 valence electrons. The molecule has 1 aliphatic carbocycles. The molecule has 1 aromatic heterocycles. The maximum atomic E-state index is 12.8. The molecule has 3 rings (SSSR count). The number of aromatic nitrogens is 1. The molecule has 0 bridgehead atoms. The molecule has 1 fully saturated rings. The number of pyridine rings is 1. The summed E-state index contributed by atoms with van der Waals surface area (Å²) in [7, 11) is 0. The number of nitrogens with zero attached hydrogens (tertiary/aromatic N) is 1. The molecule has 0 amide bonds. The summed E-state index contributed by atoms with van der Waals surface area (Å²) in [5.74, 6) is -0.415. The normalized spacial score (nSPS) is 23.9. The van der Waals surface area contributed by atoms with Crippen molar-refractivity contribution in [3.05, 3.63) is 41.9 Å². The Morgan fingerprint density at radius 3 is 2.84 bits per heavy atom. The second-order valence-corrected chi connectivity index (χ2v) is 6.89. The Bertz CT molecular complexity index is 649. The van der Waals surface area contributed by atoms with Crippen molar-refractivity contribution in [1.29, 1.82) is 0 Å². The third-order valence-electron chi connectivity index (χ3n) is 5.15. The highest BCUT2D eigenvalue weighted by Crippen LogP contribution is 2.43. The van der Waals surface area contributed by atoms with Gasteiger partial charge < -0.3 is 9.47 Å². The maximum Gasteiger partial charge on any atom is 0.374 e. The molecule has 5 nitrogen and oxygen atoms in total. The lowest BCUT2D eigenvalue weighted by atomic mass is 9.73. The van der Waals surface area contributed by atoms with E-state index in [1.165, 1.54) is 12.5 Å². The molecule has 5 heteroatoms. The van der Waals surface area contributed by atoms with Crippen molar-refractivity contribution in [2.24, 2.45) is 5.92 Å². The fraction of sp³-hybridized carbons (Fsp3) is 0.550. The summed E-state index contributed by atoms with van der Waals surface area (Å²) >= 11 is 0. The van der Waals surface area contributed by atoms with Crippen molar-refractivity contribution in [3.8, 4) is 0 Å². The summed E-state index contributed by atoms with van der Waals surface area (Å²) in [4.78, 5) is 29.1. The van der Waals surface area contributed by atoms with Gasteiger partial charge in [-0.2, -0.15) is 0 Å². The molecule has 0 N–H and O–H groups in total. The number of carbonyl (C=O) groups is 2. The standard InChI is InChI=1S/C20H25NO4/c1-2-10-20(16-8-4-3-5-9-16)18(22)12-17(25-20)19(23)24-14-15-7-6-11-21-13-15/h6-7,11-13,16H,2-5,8-10,14H2,1H3. The molecule has 1 atom stereocenters. The van der Waals surface area contributed by atoms with Gasteiger partial charge >= 0.3 is 5.97 Å². The van der Waals surface area contributed by atoms with Crippen molar-refractivity contribution in [2.75, 3.05) is 0 Å². The van der Waals surface area contributed by atoms with Crippen LogP contribution in [0.15, 0.2) is 36.4 Å². The van der Waals surface area contributed by atoms with Crippen LogP contribution in [0.3, 0.4) is 0 Å². The average molecular weight is 343 g/mol. The highest BCUT2D eigenvalue weighted by molar-refractivity contribution is 6.06. The zero-order valence-corrected chi connectivity index (χ0v) is 14.7. The minimum atomic E-state index is -0.863. The fourth-order valence-electron chi connectivity index (χ4n) is 3.92. The molecule has 0 spiro atoms. The second kappa shape index (κ2) is 7.81. The number of rotatable bonds is 6. The predicted octanol–water partition coefficient (Wildman–Crippen LogP) is 3.73. The summed E-state index contributed by atoms with van der Waals surface area (Å²) in [5, 5.41) is 0. The molecular weight excluding hydrogens is 318 g/mol. The van der Waals surface area contributed by atoms with E-state index in [0.717, 1.165) is 37.7 Å². The van der Waals surface area contributed by atoms with Gasteiger partial charge in [0, 0.05) is 30.0 Å². The van der Waals surface area contributed by atoms with E-state index in [1.807, 2.05) is 13.0 Å². The van der Waals surface area contributed by atoms with Gasteiger partial charge in [-0.15, -0.1) is 0 Å². The van der Waals surface area contributed by atoms with E-state index >= 15 is 0 Å². The topological polar surface area (TPSA) is 65.5 Å². The fourth-order valence-corrected chi connectivity index (χ4v) is 3.92. The lowest BCUT2D eigenvalue weighted by Gasteiger charge is -2.38. The van der Waals surface area contributed by atoms with Crippen LogP contribution in [-0.2, 0) is 25.7 Å². The van der Waals surface area contributed by atoms with E-state index < -0.39 is 11.6 Å². The average Bonchev–Trinajstić information content (AvgIpc) is 2.99. The van der Waals surface area contributed by atoms with Crippen molar-refractivity contribution in [2.45, 2.75) is 64.1 Å². The zero-order chi connectivity index (χ0) is 17.7. The highest BCUT2D eigenvalue weighted by Gasteiger charge is 2.51. The Hall–Kier alpha value is -2.17. The number of hydrogen-bond donors (Lipinski definition) is 0. The first-order valence-electron chi connectivity index (χ1n) is 9.17. The summed E-state index contributed by atoms with van der Waals surface area (Å²) in [6.07, 6.45) is 11.6. The number of ketones is 1. The molecule has 2 heterocycles. The van der Waals surface area contributed by atoms with Gasteiger partial charge in [-0.05, 0) is 25.3 Å². The van der Waals surface area contributed by atoms with E-state index in [1.54, 1.807) is 18.5 Å². The van der Waals surface area contributed by atoms with Gasteiger partial charge in [0.15, 0.2) is 5.60 Å². The Morgan fingerprint density at radius 1 is 1.36 bits per heavy atom. The Balaban J connectivity index is 1.68. The van der Waals surface area contributed by atoms with E-state index in [4.69, 9.17) is 9.47 Å². The monoisotopic (exact) mass is 343 g/mol. The molecule has 0 radical (unpaired) electrons. The molecule has 25 heavy (non-hydrogen) atoms. The van der Waals surface area contributed by atoms with Crippen LogP contribution in [0, 0.1) is 5.92 Å². The van der Waals surface area contributed by atoms with Crippen LogP contribution < -0.4 is 0 Å². The number of hydrogen-bond acceptors (Lipinski definition) is 5. The highest BCUT2D eigenvalue weighted by atomic mass is 16.6. The quantitative estimate of drug-likeness (QED) is 0.736. The third-order valence-corrected chi connectivity index (χ3v) is 5.15. The predicted molar refractivity (Wildman–Crippen MR) is 92.4 cm³/mol. The zero-order valence-electron chi connectivity index (χ0n) is 14.7. The van der Waals surface area contributed by atoms with Crippen molar-refractivity contribution in [1.82, 2.24) is 4.98 Å². The van der Waals surface area contributed by atoms with Crippen LogP contribution in [0.5, 0.6) is 0 Å². The number of ether oxygens (including phenoxy) is 2. The summed E-state index contributed by atoms with van der Waals surface area (Å²) in [6.45, 7) is 2.16. The van der Waals surface area contributed by atoms with Crippen molar-refractivity contribution >= 4 is 11.8 Å². The minimum Gasteiger partial charge on any atom is -0.471 e. The van der Waals surface area contributed by atoms with Crippen LogP contribution in [0.1, 0.15) is 57.4 Å². The van der Waals surface area contributed by atoms with Crippen molar-refractivity contribution in [3.63, 3.8) is 0 Å². The summed E-state index contributed by atoms with van der Waals surface area (Å²) in [5.41, 5.74) is -0.0643. The van der Waals surface area contributed by atoms with Gasteiger partial charge in [0.2, 0.25) is 11.5 Å². The first-order valence-corrected chi connectivity index (χ1v) is 9.17. The van der Waals surface area contributed by atoms with Crippen LogP contribution in [0.2, 0.25) is 0 Å². The van der Waals surface area contributed by atoms with Gasteiger partial charge in [-0.25, -0.2) is 4.79 Å². The molecule has 1 saturated carbocycles. The SMILES string of the molecule is CCCC1(C2CCCCC2)OC(C(=O)OCc2cccnc2)=CC1=O. The molecule has 0 aromatic carbocycles. The lowest BCUT2D eigenvalue weighted by Crippen LogP contribution is -2.45. The molecule has 0 saturated heterocycles. The van der Waals surface area contributed by atoms with E-state index in [9.17, 15) is 9.59 Å². The van der Waals surface area contributed by atoms with Crippen LogP contribution in [0.4, 0.5) is 0 Å². The van der Waals surface area contributed by atoms with Gasteiger partial charge in [0.25, 0.3) is 0 Å². The van der Waals surface area contributed by atoms with Gasteiger partial charge in [0.1, 0.15) is 6.61 Å². The van der Waals surface area contributed by atoms with Crippen LogP contribution >= 0.6 is 0 Å². The van der Waals surface area contributed by atoms with Gasteiger partial charge in [-0.3, -0.25) is 9.78 Å². The van der Waals surface area contributed by atoms with Gasteiger partial charge in [-0.1, -0.05) is 38.7 Å². The first kappa shape index (κ1) is 17.6. The molecule has 1 unspecified atom stereocenters. The molecule has 2 aliphatic rings. The Morgan fingerprint density at radius 2 is 2.16 bits per heavy atom. The van der Waals surface area contributed by atoms with Gasteiger partial charge in [0.05, 0.1) is 0 Å². The van der Waals surface area contributed by atoms with E-state index in [-0.39, 0.29) is 24.1 Å². The second-order valence-electron chi connectivity index (χ2n) is 6.89.